The quantitative estimate of drug-likeness (QED) is 0.239. The van der Waals surface area contributed by atoms with Crippen molar-refractivity contribution in [2.75, 3.05) is 14.2 Å². The maximum Gasteiger partial charge on any atom is 0.313 e. The monoisotopic (exact) mass is 483 g/mol. The molecule has 33 heavy (non-hydrogen) atoms. The maximum absolute atomic E-state index is 13.0. The number of nitro benzene ring substituents is 1. The number of nitro groups is 1. The lowest BCUT2D eigenvalue weighted by Gasteiger charge is -2.17. The fraction of sp³-hybridized carbons (Fsp3) is 0.130. The van der Waals surface area contributed by atoms with Crippen LogP contribution in [0.4, 0.5) is 5.69 Å². The van der Waals surface area contributed by atoms with E-state index in [-0.39, 0.29) is 33.9 Å². The molecule has 1 amide bonds. The Morgan fingerprint density at radius 1 is 1.12 bits per heavy atom. The highest BCUT2D eigenvalue weighted by Gasteiger charge is 2.20. The Balaban J connectivity index is 1.54. The number of carbonyl (C=O) groups excluding carboxylic acids is 1. The number of halogens is 1. The van der Waals surface area contributed by atoms with Gasteiger partial charge in [0, 0.05) is 23.7 Å². The molecule has 0 saturated carbocycles. The Hall–Kier alpha value is -3.69. The fourth-order valence-corrected chi connectivity index (χ4v) is 4.39. The molecule has 0 aliphatic carbocycles. The first-order valence-electron chi connectivity index (χ1n) is 9.75. The van der Waals surface area contributed by atoms with Crippen molar-refractivity contribution in [2.45, 2.75) is 6.54 Å². The summed E-state index contributed by atoms with van der Waals surface area (Å²) >= 11 is 7.40. The third-order valence-corrected chi connectivity index (χ3v) is 6.06. The molecule has 0 aliphatic heterocycles. The SMILES string of the molecule is COc1cc(C(=O)N(C)Cc2nc3ccccc3s2)ccc1Oc1ccc(Cl)cc1[N+](=O)[O-]. The number of hydrogen-bond acceptors (Lipinski definition) is 7. The van der Waals surface area contributed by atoms with Crippen LogP contribution in [0.2, 0.25) is 5.02 Å². The average molecular weight is 484 g/mol. The van der Waals surface area contributed by atoms with E-state index >= 15 is 0 Å². The minimum Gasteiger partial charge on any atom is -0.493 e. The molecular weight excluding hydrogens is 466 g/mol. The van der Waals surface area contributed by atoms with Crippen LogP contribution >= 0.6 is 22.9 Å². The van der Waals surface area contributed by atoms with Gasteiger partial charge in [0.05, 0.1) is 28.8 Å². The van der Waals surface area contributed by atoms with E-state index in [0.717, 1.165) is 15.2 Å². The zero-order chi connectivity index (χ0) is 23.5. The minimum atomic E-state index is -0.581. The van der Waals surface area contributed by atoms with Crippen molar-refractivity contribution < 1.29 is 19.2 Å². The summed E-state index contributed by atoms with van der Waals surface area (Å²) in [6.07, 6.45) is 0. The van der Waals surface area contributed by atoms with Crippen molar-refractivity contribution in [1.29, 1.82) is 0 Å². The number of benzene rings is 3. The Bertz CT molecular complexity index is 1320. The molecule has 8 nitrogen and oxygen atoms in total. The lowest BCUT2D eigenvalue weighted by atomic mass is 10.1. The number of nitrogens with zero attached hydrogens (tertiary/aromatic N) is 3. The van der Waals surface area contributed by atoms with E-state index in [4.69, 9.17) is 21.1 Å². The van der Waals surface area contributed by atoms with E-state index in [1.807, 2.05) is 24.3 Å². The summed E-state index contributed by atoms with van der Waals surface area (Å²) in [5.41, 5.74) is 1.01. The number of methoxy groups -OCH3 is 1. The normalized spacial score (nSPS) is 10.8. The third kappa shape index (κ3) is 4.89. The molecule has 0 fully saturated rings. The molecule has 168 valence electrons. The highest BCUT2D eigenvalue weighted by atomic mass is 35.5. The maximum atomic E-state index is 13.0. The molecule has 0 bridgehead atoms. The average Bonchev–Trinajstić information content (AvgIpc) is 3.22. The van der Waals surface area contributed by atoms with Gasteiger partial charge in [0.15, 0.2) is 11.5 Å². The first kappa shape index (κ1) is 22.5. The first-order chi connectivity index (χ1) is 15.9. The molecule has 0 N–H and O–H groups in total. The Morgan fingerprint density at radius 2 is 1.88 bits per heavy atom. The van der Waals surface area contributed by atoms with Crippen molar-refractivity contribution in [2.24, 2.45) is 0 Å². The van der Waals surface area contributed by atoms with Crippen LogP contribution in [0.5, 0.6) is 17.2 Å². The van der Waals surface area contributed by atoms with Gasteiger partial charge in [-0.25, -0.2) is 4.98 Å². The fourth-order valence-electron chi connectivity index (χ4n) is 3.21. The highest BCUT2D eigenvalue weighted by molar-refractivity contribution is 7.18. The van der Waals surface area contributed by atoms with Crippen LogP contribution in [-0.4, -0.2) is 34.9 Å². The van der Waals surface area contributed by atoms with Crippen LogP contribution < -0.4 is 9.47 Å². The van der Waals surface area contributed by atoms with Gasteiger partial charge in [-0.2, -0.15) is 0 Å². The number of amides is 1. The van der Waals surface area contributed by atoms with Crippen LogP contribution in [0.15, 0.2) is 60.7 Å². The van der Waals surface area contributed by atoms with Crippen molar-refractivity contribution in [1.82, 2.24) is 9.88 Å². The van der Waals surface area contributed by atoms with E-state index in [0.29, 0.717) is 12.1 Å². The molecule has 10 heteroatoms. The number of para-hydroxylation sites is 1. The zero-order valence-corrected chi connectivity index (χ0v) is 19.2. The largest absolute Gasteiger partial charge is 0.493 e. The molecule has 0 aliphatic rings. The van der Waals surface area contributed by atoms with Crippen LogP contribution in [0.3, 0.4) is 0 Å². The number of ether oxygens (including phenoxy) is 2. The standard InChI is InChI=1S/C23H18ClN3O5S/c1-26(13-22-25-16-5-3-4-6-21(16)33-22)23(28)14-7-9-19(20(11-14)31-2)32-18-10-8-15(24)12-17(18)27(29)30/h3-12H,13H2,1-2H3. The predicted molar refractivity (Wildman–Crippen MR) is 127 cm³/mol. The Morgan fingerprint density at radius 3 is 2.61 bits per heavy atom. The number of hydrogen-bond donors (Lipinski definition) is 0. The number of carbonyl (C=O) groups is 1. The van der Waals surface area contributed by atoms with E-state index in [2.05, 4.69) is 4.98 Å². The zero-order valence-electron chi connectivity index (χ0n) is 17.6. The second kappa shape index (κ2) is 9.43. The number of rotatable bonds is 7. The van der Waals surface area contributed by atoms with Crippen LogP contribution in [0.25, 0.3) is 10.2 Å². The molecule has 1 aromatic heterocycles. The summed E-state index contributed by atoms with van der Waals surface area (Å²) < 4.78 is 12.1. The van der Waals surface area contributed by atoms with Crippen molar-refractivity contribution in [3.05, 3.63) is 86.4 Å². The molecule has 4 rings (SSSR count). The van der Waals surface area contributed by atoms with Gasteiger partial charge in [-0.1, -0.05) is 23.7 Å². The van der Waals surface area contributed by atoms with Crippen molar-refractivity contribution >= 4 is 44.7 Å². The van der Waals surface area contributed by atoms with Gasteiger partial charge < -0.3 is 14.4 Å². The molecule has 0 radical (unpaired) electrons. The summed E-state index contributed by atoms with van der Waals surface area (Å²) in [5.74, 6) is 0.276. The van der Waals surface area contributed by atoms with E-state index in [1.54, 1.807) is 29.4 Å². The second-order valence-electron chi connectivity index (χ2n) is 7.07. The summed E-state index contributed by atoms with van der Waals surface area (Å²) in [7, 11) is 3.12. The van der Waals surface area contributed by atoms with E-state index < -0.39 is 4.92 Å². The van der Waals surface area contributed by atoms with Gasteiger partial charge in [0.25, 0.3) is 5.91 Å². The summed E-state index contributed by atoms with van der Waals surface area (Å²) in [4.78, 5) is 29.9. The Kier molecular flexibility index (Phi) is 6.43. The van der Waals surface area contributed by atoms with E-state index in [1.165, 1.54) is 37.4 Å². The van der Waals surface area contributed by atoms with Crippen molar-refractivity contribution in [3.8, 4) is 17.2 Å². The summed E-state index contributed by atoms with van der Waals surface area (Å²) in [5, 5.41) is 12.4. The van der Waals surface area contributed by atoms with Gasteiger partial charge in [-0.3, -0.25) is 14.9 Å². The van der Waals surface area contributed by atoms with Crippen LogP contribution in [-0.2, 0) is 6.54 Å². The molecule has 3 aromatic carbocycles. The summed E-state index contributed by atoms with van der Waals surface area (Å²) in [6, 6.07) is 16.6. The Labute approximate surface area is 198 Å². The lowest BCUT2D eigenvalue weighted by Crippen LogP contribution is -2.26. The number of thiazole rings is 1. The third-order valence-electron chi connectivity index (χ3n) is 4.81. The molecule has 1 heterocycles. The highest BCUT2D eigenvalue weighted by Crippen LogP contribution is 2.38. The van der Waals surface area contributed by atoms with E-state index in [9.17, 15) is 14.9 Å². The minimum absolute atomic E-state index is 0.00901. The molecule has 0 spiro atoms. The van der Waals surface area contributed by atoms with Gasteiger partial charge in [-0.15, -0.1) is 11.3 Å². The van der Waals surface area contributed by atoms with Gasteiger partial charge in [0.1, 0.15) is 5.01 Å². The number of fused-ring (bicyclic) bond motifs is 1. The summed E-state index contributed by atoms with van der Waals surface area (Å²) in [6.45, 7) is 0.357. The molecule has 0 unspecified atom stereocenters. The molecular formula is C23H18ClN3O5S. The lowest BCUT2D eigenvalue weighted by molar-refractivity contribution is -0.385. The second-order valence-corrected chi connectivity index (χ2v) is 8.63. The molecule has 0 saturated heterocycles. The van der Waals surface area contributed by atoms with Crippen molar-refractivity contribution in [3.63, 3.8) is 0 Å². The van der Waals surface area contributed by atoms with Gasteiger partial charge in [0.2, 0.25) is 5.75 Å². The molecule has 4 aromatic rings. The first-order valence-corrected chi connectivity index (χ1v) is 10.9. The van der Waals surface area contributed by atoms with Crippen LogP contribution in [0, 0.1) is 10.1 Å². The topological polar surface area (TPSA) is 94.8 Å². The predicted octanol–water partition coefficient (Wildman–Crippen LogP) is 5.93. The van der Waals surface area contributed by atoms with Crippen LogP contribution in [0.1, 0.15) is 15.4 Å². The van der Waals surface area contributed by atoms with Gasteiger partial charge in [-0.05, 0) is 42.5 Å². The molecule has 0 atom stereocenters. The number of aromatic nitrogens is 1. The smallest absolute Gasteiger partial charge is 0.313 e. The van der Waals surface area contributed by atoms with Gasteiger partial charge >= 0.3 is 5.69 Å².